The molecule has 132 valence electrons. The zero-order valence-electron chi connectivity index (χ0n) is 14.4. The van der Waals surface area contributed by atoms with E-state index in [1.165, 1.54) is 0 Å². The zero-order valence-corrected chi connectivity index (χ0v) is 14.4. The lowest BCUT2D eigenvalue weighted by molar-refractivity contribution is -0.128. The van der Waals surface area contributed by atoms with Crippen LogP contribution in [0.3, 0.4) is 0 Å². The fourth-order valence-electron chi connectivity index (χ4n) is 2.76. The van der Waals surface area contributed by atoms with E-state index in [1.807, 2.05) is 54.6 Å². The predicted molar refractivity (Wildman–Crippen MR) is 98.8 cm³/mol. The van der Waals surface area contributed by atoms with Crippen LogP contribution >= 0.6 is 0 Å². The number of nitrogens with one attached hydrogen (secondary N) is 1. The van der Waals surface area contributed by atoms with Gasteiger partial charge in [-0.2, -0.15) is 0 Å². The van der Waals surface area contributed by atoms with Crippen molar-refractivity contribution >= 4 is 17.3 Å². The monoisotopic (exact) mass is 340 g/mol. The molecule has 1 amide bonds. The second-order valence-corrected chi connectivity index (χ2v) is 6.67. The molecule has 0 aromatic heterocycles. The number of anilines is 2. The summed E-state index contributed by atoms with van der Waals surface area (Å²) in [6.07, 6.45) is 0.361. The van der Waals surface area contributed by atoms with Gasteiger partial charge >= 0.3 is 0 Å². The molecule has 1 heterocycles. The predicted octanol–water partition coefficient (Wildman–Crippen LogP) is 2.31. The van der Waals surface area contributed by atoms with E-state index in [-0.39, 0.29) is 17.9 Å². The zero-order chi connectivity index (χ0) is 17.7. The molecule has 1 fully saturated rings. The molecule has 0 atom stereocenters. The van der Waals surface area contributed by atoms with Crippen molar-refractivity contribution in [3.8, 4) is 0 Å². The second kappa shape index (κ2) is 7.68. The minimum Gasteiger partial charge on any atom is -0.396 e. The molecule has 0 radical (unpaired) electrons. The maximum atomic E-state index is 12.4. The molecule has 5 nitrogen and oxygen atoms in total. The number of nitrogens with zero attached hydrogens (tertiary/aromatic N) is 1. The topological polar surface area (TPSA) is 61.8 Å². The second-order valence-electron chi connectivity index (χ2n) is 6.67. The highest BCUT2D eigenvalue weighted by atomic mass is 16.5. The Labute approximate surface area is 148 Å². The van der Waals surface area contributed by atoms with Crippen LogP contribution in [0.25, 0.3) is 0 Å². The number of ether oxygens (including phenoxy) is 1. The summed E-state index contributed by atoms with van der Waals surface area (Å²) in [7, 11) is 1.79. The average molecular weight is 340 g/mol. The van der Waals surface area contributed by atoms with Crippen LogP contribution in [-0.2, 0) is 16.0 Å². The van der Waals surface area contributed by atoms with Gasteiger partial charge in [0, 0.05) is 25.0 Å². The number of hydrogen-bond donors (Lipinski definition) is 2. The average Bonchev–Trinajstić information content (AvgIpc) is 2.62. The number of carbonyl (C=O) groups excluding carboxylic acids is 1. The highest BCUT2D eigenvalue weighted by Crippen LogP contribution is 2.27. The van der Waals surface area contributed by atoms with Crippen LogP contribution in [0.15, 0.2) is 54.6 Å². The highest BCUT2D eigenvalue weighted by molar-refractivity contribution is 5.94. The van der Waals surface area contributed by atoms with Crippen molar-refractivity contribution in [3.05, 3.63) is 60.2 Å². The van der Waals surface area contributed by atoms with Gasteiger partial charge in [-0.3, -0.25) is 4.79 Å². The Bertz CT molecular complexity index is 691. The summed E-state index contributed by atoms with van der Waals surface area (Å²) in [5, 5.41) is 12.8. The molecule has 2 aromatic rings. The summed E-state index contributed by atoms with van der Waals surface area (Å²) in [4.78, 5) is 14.1. The minimum absolute atomic E-state index is 0.0535. The van der Waals surface area contributed by atoms with Crippen LogP contribution < -0.4 is 10.2 Å². The number of likely N-dealkylation sites (N-methyl/N-ethyl adjacent to an activating group) is 1. The van der Waals surface area contributed by atoms with E-state index in [0.29, 0.717) is 26.2 Å². The lowest BCUT2D eigenvalue weighted by atomic mass is 9.87. The maximum Gasteiger partial charge on any atom is 0.231 e. The number of para-hydroxylation sites is 1. The first-order valence-corrected chi connectivity index (χ1v) is 8.45. The van der Waals surface area contributed by atoms with Gasteiger partial charge in [0.2, 0.25) is 5.91 Å². The van der Waals surface area contributed by atoms with Crippen molar-refractivity contribution in [2.24, 2.45) is 5.41 Å². The fraction of sp³-hybridized carbons (Fsp3) is 0.350. The molecule has 5 heteroatoms. The number of hydrogen-bond acceptors (Lipinski definition) is 4. The smallest absolute Gasteiger partial charge is 0.231 e. The largest absolute Gasteiger partial charge is 0.396 e. The SMILES string of the molecule is CN(C(=O)Cc1ccc(NCC2(CO)COC2)cc1)c1ccccc1. The van der Waals surface area contributed by atoms with Crippen LogP contribution in [-0.4, -0.2) is 44.4 Å². The van der Waals surface area contributed by atoms with Crippen molar-refractivity contribution in [1.82, 2.24) is 0 Å². The van der Waals surface area contributed by atoms with Crippen molar-refractivity contribution in [2.75, 3.05) is 43.6 Å². The van der Waals surface area contributed by atoms with E-state index in [9.17, 15) is 9.90 Å². The summed E-state index contributed by atoms with van der Waals surface area (Å²) in [5.74, 6) is 0.0535. The Morgan fingerprint density at radius 3 is 2.40 bits per heavy atom. The molecule has 3 rings (SSSR count). The van der Waals surface area contributed by atoms with Gasteiger partial charge < -0.3 is 20.1 Å². The quantitative estimate of drug-likeness (QED) is 0.812. The molecule has 25 heavy (non-hydrogen) atoms. The van der Waals surface area contributed by atoms with Crippen LogP contribution in [0.2, 0.25) is 0 Å². The van der Waals surface area contributed by atoms with Crippen LogP contribution in [0, 0.1) is 5.41 Å². The Kier molecular flexibility index (Phi) is 5.36. The van der Waals surface area contributed by atoms with Crippen molar-refractivity contribution < 1.29 is 14.6 Å². The van der Waals surface area contributed by atoms with E-state index < -0.39 is 0 Å². The van der Waals surface area contributed by atoms with Crippen molar-refractivity contribution in [2.45, 2.75) is 6.42 Å². The first-order chi connectivity index (χ1) is 12.1. The van der Waals surface area contributed by atoms with Crippen molar-refractivity contribution in [1.29, 1.82) is 0 Å². The Balaban J connectivity index is 1.54. The Hall–Kier alpha value is -2.37. The number of carbonyl (C=O) groups is 1. The molecule has 0 saturated carbocycles. The van der Waals surface area contributed by atoms with Gasteiger partial charge in [-0.15, -0.1) is 0 Å². The molecule has 0 aliphatic carbocycles. The summed E-state index contributed by atoms with van der Waals surface area (Å²) in [6.45, 7) is 1.99. The third kappa shape index (κ3) is 4.18. The highest BCUT2D eigenvalue weighted by Gasteiger charge is 2.37. The van der Waals surface area contributed by atoms with Gasteiger partial charge in [0.25, 0.3) is 0 Å². The van der Waals surface area contributed by atoms with Gasteiger partial charge in [-0.05, 0) is 29.8 Å². The molecule has 2 aromatic carbocycles. The number of rotatable bonds is 7. The first kappa shape index (κ1) is 17.5. The van der Waals surface area contributed by atoms with E-state index in [2.05, 4.69) is 5.32 Å². The van der Waals surface area contributed by atoms with E-state index >= 15 is 0 Å². The van der Waals surface area contributed by atoms with Gasteiger partial charge in [-0.25, -0.2) is 0 Å². The number of benzene rings is 2. The fourth-order valence-corrected chi connectivity index (χ4v) is 2.76. The molecule has 0 unspecified atom stereocenters. The third-order valence-corrected chi connectivity index (χ3v) is 4.65. The lowest BCUT2D eigenvalue weighted by Crippen LogP contribution is -2.50. The van der Waals surface area contributed by atoms with E-state index in [0.717, 1.165) is 16.9 Å². The van der Waals surface area contributed by atoms with Gasteiger partial charge in [0.15, 0.2) is 0 Å². The summed E-state index contributed by atoms with van der Waals surface area (Å²) >= 11 is 0. The number of aliphatic hydroxyl groups excluding tert-OH is 1. The normalized spacial score (nSPS) is 15.3. The number of aliphatic hydroxyl groups is 1. The molecular formula is C20H24N2O3. The van der Waals surface area contributed by atoms with Crippen LogP contribution in [0.1, 0.15) is 5.56 Å². The standard InChI is InChI=1S/C20H24N2O3/c1-22(18-5-3-2-4-6-18)19(24)11-16-7-9-17(10-8-16)21-12-20(13-23)14-25-15-20/h2-10,21,23H,11-15H2,1H3. The molecule has 0 spiro atoms. The first-order valence-electron chi connectivity index (χ1n) is 8.45. The molecule has 0 bridgehead atoms. The minimum atomic E-state index is -0.160. The number of amides is 1. The van der Waals surface area contributed by atoms with E-state index in [1.54, 1.807) is 11.9 Å². The Morgan fingerprint density at radius 1 is 1.16 bits per heavy atom. The van der Waals surface area contributed by atoms with Gasteiger partial charge in [-0.1, -0.05) is 30.3 Å². The van der Waals surface area contributed by atoms with Crippen molar-refractivity contribution in [3.63, 3.8) is 0 Å². The van der Waals surface area contributed by atoms with Gasteiger partial charge in [0.1, 0.15) is 0 Å². The Morgan fingerprint density at radius 2 is 1.84 bits per heavy atom. The lowest BCUT2D eigenvalue weighted by Gasteiger charge is -2.40. The summed E-state index contributed by atoms with van der Waals surface area (Å²) < 4.78 is 5.20. The van der Waals surface area contributed by atoms with Crippen LogP contribution in [0.5, 0.6) is 0 Å². The van der Waals surface area contributed by atoms with E-state index in [4.69, 9.17) is 4.74 Å². The summed E-state index contributed by atoms with van der Waals surface area (Å²) in [5.41, 5.74) is 2.69. The maximum absolute atomic E-state index is 12.4. The molecule has 2 N–H and O–H groups in total. The molecule has 1 saturated heterocycles. The molecule has 1 aliphatic heterocycles. The summed E-state index contributed by atoms with van der Waals surface area (Å²) in [6, 6.07) is 17.5. The molecule has 1 aliphatic rings. The van der Waals surface area contributed by atoms with Gasteiger partial charge in [0.05, 0.1) is 31.7 Å². The molecular weight excluding hydrogens is 316 g/mol. The third-order valence-electron chi connectivity index (χ3n) is 4.65. The van der Waals surface area contributed by atoms with Crippen LogP contribution in [0.4, 0.5) is 11.4 Å².